The number of aromatic nitrogens is 1. The molecular formula is C19H23N3O3. The minimum atomic E-state index is -0.162. The Labute approximate surface area is 147 Å². The Kier molecular flexibility index (Phi) is 5.38. The van der Waals surface area contributed by atoms with Gasteiger partial charge in [-0.25, -0.2) is 4.98 Å². The second-order valence-corrected chi connectivity index (χ2v) is 5.96. The Morgan fingerprint density at radius 3 is 2.60 bits per heavy atom. The SMILES string of the molecule is COc1ccc(OC)c(CNC(=O)c2ccc(N3CCCC3)nc2)c1. The summed E-state index contributed by atoms with van der Waals surface area (Å²) >= 11 is 0. The fraction of sp³-hybridized carbons (Fsp3) is 0.368. The molecule has 0 bridgehead atoms. The van der Waals surface area contributed by atoms with Gasteiger partial charge < -0.3 is 19.7 Å². The van der Waals surface area contributed by atoms with Crippen molar-refractivity contribution >= 4 is 11.7 Å². The van der Waals surface area contributed by atoms with Gasteiger partial charge in [0, 0.05) is 31.4 Å². The van der Waals surface area contributed by atoms with E-state index in [1.165, 1.54) is 12.8 Å². The number of rotatable bonds is 6. The highest BCUT2D eigenvalue weighted by Gasteiger charge is 2.14. The first kappa shape index (κ1) is 17.1. The van der Waals surface area contributed by atoms with E-state index in [-0.39, 0.29) is 5.91 Å². The van der Waals surface area contributed by atoms with Gasteiger partial charge in [0.05, 0.1) is 19.8 Å². The molecule has 3 rings (SSSR count). The van der Waals surface area contributed by atoms with Gasteiger partial charge in [0.25, 0.3) is 5.91 Å². The predicted molar refractivity (Wildman–Crippen MR) is 96.4 cm³/mol. The predicted octanol–water partition coefficient (Wildman–Crippen LogP) is 2.63. The molecular weight excluding hydrogens is 318 g/mol. The third kappa shape index (κ3) is 4.02. The van der Waals surface area contributed by atoms with Crippen LogP contribution in [0.25, 0.3) is 0 Å². The molecule has 0 unspecified atom stereocenters. The lowest BCUT2D eigenvalue weighted by atomic mass is 10.1. The van der Waals surface area contributed by atoms with E-state index >= 15 is 0 Å². The van der Waals surface area contributed by atoms with Gasteiger partial charge in [0.1, 0.15) is 17.3 Å². The summed E-state index contributed by atoms with van der Waals surface area (Å²) in [5.41, 5.74) is 1.40. The van der Waals surface area contributed by atoms with Gasteiger partial charge in [0.2, 0.25) is 0 Å². The summed E-state index contributed by atoms with van der Waals surface area (Å²) in [7, 11) is 3.21. The number of carbonyl (C=O) groups excluding carboxylic acids is 1. The largest absolute Gasteiger partial charge is 0.497 e. The number of hydrogen-bond acceptors (Lipinski definition) is 5. The molecule has 0 aliphatic carbocycles. The molecule has 6 nitrogen and oxygen atoms in total. The Morgan fingerprint density at radius 2 is 1.96 bits per heavy atom. The molecule has 1 N–H and O–H groups in total. The molecule has 1 aliphatic heterocycles. The molecule has 2 heterocycles. The second-order valence-electron chi connectivity index (χ2n) is 5.96. The van der Waals surface area contributed by atoms with Gasteiger partial charge in [-0.1, -0.05) is 0 Å². The van der Waals surface area contributed by atoms with E-state index in [1.54, 1.807) is 20.4 Å². The number of ether oxygens (including phenoxy) is 2. The van der Waals surface area contributed by atoms with E-state index in [0.717, 1.165) is 30.2 Å². The van der Waals surface area contributed by atoms with Crippen molar-refractivity contribution in [3.8, 4) is 11.5 Å². The summed E-state index contributed by atoms with van der Waals surface area (Å²) in [5, 5.41) is 2.90. The van der Waals surface area contributed by atoms with Crippen LogP contribution in [-0.2, 0) is 6.54 Å². The third-order valence-corrected chi connectivity index (χ3v) is 4.37. The molecule has 1 saturated heterocycles. The number of nitrogens with one attached hydrogen (secondary N) is 1. The van der Waals surface area contributed by atoms with Crippen molar-refractivity contribution in [2.24, 2.45) is 0 Å². The van der Waals surface area contributed by atoms with E-state index in [2.05, 4.69) is 15.2 Å². The zero-order chi connectivity index (χ0) is 17.6. The van der Waals surface area contributed by atoms with Crippen LogP contribution < -0.4 is 19.7 Å². The van der Waals surface area contributed by atoms with Crippen LogP contribution >= 0.6 is 0 Å². The third-order valence-electron chi connectivity index (χ3n) is 4.37. The summed E-state index contributed by atoms with van der Waals surface area (Å²) in [6.07, 6.45) is 4.03. The minimum Gasteiger partial charge on any atom is -0.497 e. The number of pyridine rings is 1. The zero-order valence-corrected chi connectivity index (χ0v) is 14.6. The van der Waals surface area contributed by atoms with Crippen molar-refractivity contribution in [1.82, 2.24) is 10.3 Å². The van der Waals surface area contributed by atoms with E-state index in [4.69, 9.17) is 9.47 Å². The summed E-state index contributed by atoms with van der Waals surface area (Å²) in [6.45, 7) is 2.43. The molecule has 132 valence electrons. The molecule has 1 aromatic heterocycles. The lowest BCUT2D eigenvalue weighted by Crippen LogP contribution is -2.24. The van der Waals surface area contributed by atoms with Crippen molar-refractivity contribution in [1.29, 1.82) is 0 Å². The smallest absolute Gasteiger partial charge is 0.253 e. The number of nitrogens with zero attached hydrogens (tertiary/aromatic N) is 2. The Balaban J connectivity index is 1.64. The van der Waals surface area contributed by atoms with Gasteiger partial charge in [-0.2, -0.15) is 0 Å². The Morgan fingerprint density at radius 1 is 1.16 bits per heavy atom. The first-order chi connectivity index (χ1) is 12.2. The van der Waals surface area contributed by atoms with Crippen LogP contribution in [0.1, 0.15) is 28.8 Å². The topological polar surface area (TPSA) is 63.7 Å². The van der Waals surface area contributed by atoms with Crippen LogP contribution in [0.5, 0.6) is 11.5 Å². The highest BCUT2D eigenvalue weighted by Crippen LogP contribution is 2.24. The fourth-order valence-corrected chi connectivity index (χ4v) is 2.95. The molecule has 1 fully saturated rings. The number of methoxy groups -OCH3 is 2. The molecule has 1 aromatic carbocycles. The van der Waals surface area contributed by atoms with Crippen LogP contribution in [0.4, 0.5) is 5.82 Å². The van der Waals surface area contributed by atoms with Gasteiger partial charge in [0.15, 0.2) is 0 Å². The maximum Gasteiger partial charge on any atom is 0.253 e. The van der Waals surface area contributed by atoms with Gasteiger partial charge in [-0.05, 0) is 43.2 Å². The fourth-order valence-electron chi connectivity index (χ4n) is 2.95. The number of carbonyl (C=O) groups is 1. The average Bonchev–Trinajstić information content (AvgIpc) is 3.20. The highest BCUT2D eigenvalue weighted by molar-refractivity contribution is 5.94. The summed E-state index contributed by atoms with van der Waals surface area (Å²) in [4.78, 5) is 19.0. The van der Waals surface area contributed by atoms with E-state index in [0.29, 0.717) is 17.9 Å². The molecule has 25 heavy (non-hydrogen) atoms. The molecule has 0 atom stereocenters. The van der Waals surface area contributed by atoms with Crippen molar-refractivity contribution in [2.45, 2.75) is 19.4 Å². The molecule has 0 saturated carbocycles. The number of benzene rings is 1. The van der Waals surface area contributed by atoms with Crippen LogP contribution in [0, 0.1) is 0 Å². The lowest BCUT2D eigenvalue weighted by Gasteiger charge is -2.16. The van der Waals surface area contributed by atoms with Crippen molar-refractivity contribution < 1.29 is 14.3 Å². The Bertz CT molecular complexity index is 725. The normalized spacial score (nSPS) is 13.6. The van der Waals surface area contributed by atoms with E-state index in [1.807, 2.05) is 30.3 Å². The van der Waals surface area contributed by atoms with Crippen molar-refractivity contribution in [2.75, 3.05) is 32.2 Å². The summed E-state index contributed by atoms with van der Waals surface area (Å²) in [5.74, 6) is 2.21. The monoisotopic (exact) mass is 341 g/mol. The lowest BCUT2D eigenvalue weighted by molar-refractivity contribution is 0.0950. The second kappa shape index (κ2) is 7.88. The quantitative estimate of drug-likeness (QED) is 0.875. The number of anilines is 1. The zero-order valence-electron chi connectivity index (χ0n) is 14.6. The standard InChI is InChI=1S/C19H23N3O3/c1-24-16-6-7-17(25-2)15(11-16)13-21-19(23)14-5-8-18(20-12-14)22-9-3-4-10-22/h5-8,11-12H,3-4,9-10,13H2,1-2H3,(H,21,23). The maximum absolute atomic E-state index is 12.4. The van der Waals surface area contributed by atoms with E-state index < -0.39 is 0 Å². The molecule has 0 spiro atoms. The maximum atomic E-state index is 12.4. The molecule has 2 aromatic rings. The van der Waals surface area contributed by atoms with Crippen LogP contribution in [0.2, 0.25) is 0 Å². The van der Waals surface area contributed by atoms with Crippen LogP contribution in [0.3, 0.4) is 0 Å². The summed E-state index contributed by atoms with van der Waals surface area (Å²) in [6, 6.07) is 9.23. The first-order valence-electron chi connectivity index (χ1n) is 8.41. The molecule has 1 aliphatic rings. The Hall–Kier alpha value is -2.76. The average molecular weight is 341 g/mol. The summed E-state index contributed by atoms with van der Waals surface area (Å²) < 4.78 is 10.6. The van der Waals surface area contributed by atoms with E-state index in [9.17, 15) is 4.79 Å². The molecule has 1 amide bonds. The van der Waals surface area contributed by atoms with Gasteiger partial charge >= 0.3 is 0 Å². The minimum absolute atomic E-state index is 0.162. The van der Waals surface area contributed by atoms with Crippen molar-refractivity contribution in [3.63, 3.8) is 0 Å². The molecule has 6 heteroatoms. The highest BCUT2D eigenvalue weighted by atomic mass is 16.5. The van der Waals surface area contributed by atoms with Gasteiger partial charge in [-0.15, -0.1) is 0 Å². The van der Waals surface area contributed by atoms with Crippen LogP contribution in [0.15, 0.2) is 36.5 Å². The number of hydrogen-bond donors (Lipinski definition) is 1. The molecule has 0 radical (unpaired) electrons. The number of amides is 1. The van der Waals surface area contributed by atoms with Crippen LogP contribution in [-0.4, -0.2) is 38.2 Å². The van der Waals surface area contributed by atoms with Crippen molar-refractivity contribution in [3.05, 3.63) is 47.7 Å². The van der Waals surface area contributed by atoms with Gasteiger partial charge in [-0.3, -0.25) is 4.79 Å². The first-order valence-corrected chi connectivity index (χ1v) is 8.41.